The molecule has 26 heavy (non-hydrogen) atoms. The van der Waals surface area contributed by atoms with E-state index >= 15 is 0 Å². The van der Waals surface area contributed by atoms with Crippen molar-refractivity contribution in [1.29, 1.82) is 0 Å². The molecule has 0 atom stereocenters. The maximum atomic E-state index is 5.81. The van der Waals surface area contributed by atoms with Gasteiger partial charge < -0.3 is 9.47 Å². The monoisotopic (exact) mass is 340 g/mol. The van der Waals surface area contributed by atoms with Gasteiger partial charge in [0.05, 0.1) is 11.4 Å². The fraction of sp³-hybridized carbons (Fsp3) is 0.0909. The van der Waals surface area contributed by atoms with Crippen LogP contribution >= 0.6 is 0 Å². The largest absolute Gasteiger partial charge is 0.472 e. The van der Waals surface area contributed by atoms with E-state index in [1.807, 2.05) is 72.8 Å². The summed E-state index contributed by atoms with van der Waals surface area (Å²) in [6.07, 6.45) is 0. The predicted octanol–water partition coefficient (Wildman–Crippen LogP) is 4.90. The first-order valence-corrected chi connectivity index (χ1v) is 8.56. The van der Waals surface area contributed by atoms with E-state index in [1.165, 1.54) is 0 Å². The van der Waals surface area contributed by atoms with Gasteiger partial charge in [-0.05, 0) is 36.4 Å². The van der Waals surface area contributed by atoms with E-state index in [9.17, 15) is 0 Å². The van der Waals surface area contributed by atoms with Crippen LogP contribution in [0.25, 0.3) is 0 Å². The van der Waals surface area contributed by atoms with Gasteiger partial charge in [0, 0.05) is 22.3 Å². The number of benzene rings is 3. The van der Waals surface area contributed by atoms with Crippen LogP contribution < -0.4 is 0 Å². The molecule has 2 heterocycles. The molecule has 2 aliphatic rings. The number of ether oxygens (including phenoxy) is 2. The first-order valence-electron chi connectivity index (χ1n) is 8.56. The van der Waals surface area contributed by atoms with Gasteiger partial charge in [-0.25, -0.2) is 9.98 Å². The normalized spacial score (nSPS) is 14.9. The Hall–Kier alpha value is -3.40. The second kappa shape index (κ2) is 6.15. The molecule has 0 saturated heterocycles. The van der Waals surface area contributed by atoms with E-state index in [2.05, 4.69) is 9.98 Å². The zero-order chi connectivity index (χ0) is 17.3. The fourth-order valence-electron chi connectivity index (χ4n) is 3.11. The van der Waals surface area contributed by atoms with Crippen molar-refractivity contribution in [2.75, 3.05) is 0 Å². The standard InChI is InChI=1S/C22H16N2O2/c1-3-7-19-17(5-1)13-25-21(23-19)15-9-11-16(12-10-15)22-24-20-8-4-2-6-18(20)14-26-22/h1-12H,13-14H2. The van der Waals surface area contributed by atoms with Crippen molar-refractivity contribution in [2.24, 2.45) is 9.98 Å². The minimum atomic E-state index is 0.545. The number of aliphatic imine (C=N–C) groups is 2. The smallest absolute Gasteiger partial charge is 0.221 e. The summed E-state index contributed by atoms with van der Waals surface area (Å²) in [5.74, 6) is 1.29. The van der Waals surface area contributed by atoms with Crippen molar-refractivity contribution in [3.05, 3.63) is 95.1 Å². The highest BCUT2D eigenvalue weighted by Crippen LogP contribution is 2.28. The fourth-order valence-corrected chi connectivity index (χ4v) is 3.11. The molecule has 5 rings (SSSR count). The average molecular weight is 340 g/mol. The number of nitrogens with zero attached hydrogens (tertiary/aromatic N) is 2. The Morgan fingerprint density at radius 2 is 0.962 bits per heavy atom. The summed E-state index contributed by atoms with van der Waals surface area (Å²) in [5, 5.41) is 0. The molecule has 3 aromatic rings. The predicted molar refractivity (Wildman–Crippen MR) is 101 cm³/mol. The quantitative estimate of drug-likeness (QED) is 0.666. The van der Waals surface area contributed by atoms with Crippen LogP contribution in [0, 0.1) is 0 Å². The maximum Gasteiger partial charge on any atom is 0.221 e. The molecule has 0 amide bonds. The number of rotatable bonds is 2. The molecule has 0 aromatic heterocycles. The molecule has 0 radical (unpaired) electrons. The summed E-state index contributed by atoms with van der Waals surface area (Å²) < 4.78 is 11.6. The first-order chi connectivity index (χ1) is 12.9. The van der Waals surface area contributed by atoms with Gasteiger partial charge in [0.1, 0.15) is 13.2 Å². The Kier molecular flexibility index (Phi) is 3.53. The van der Waals surface area contributed by atoms with Crippen molar-refractivity contribution in [3.63, 3.8) is 0 Å². The highest BCUT2D eigenvalue weighted by molar-refractivity contribution is 6.00. The molecular formula is C22H16N2O2. The zero-order valence-electron chi connectivity index (χ0n) is 14.1. The third-order valence-electron chi connectivity index (χ3n) is 4.53. The Morgan fingerprint density at radius 1 is 0.538 bits per heavy atom. The molecule has 2 aliphatic heterocycles. The van der Waals surface area contributed by atoms with Crippen LogP contribution in [0.1, 0.15) is 22.3 Å². The van der Waals surface area contributed by atoms with Crippen LogP contribution in [-0.2, 0) is 22.7 Å². The molecule has 0 bridgehead atoms. The first kappa shape index (κ1) is 14.9. The van der Waals surface area contributed by atoms with E-state index in [4.69, 9.17) is 9.47 Å². The lowest BCUT2D eigenvalue weighted by Crippen LogP contribution is -2.13. The average Bonchev–Trinajstić information content (AvgIpc) is 2.73. The Bertz CT molecular complexity index is 952. The highest BCUT2D eigenvalue weighted by Gasteiger charge is 2.17. The molecule has 0 N–H and O–H groups in total. The molecule has 0 fully saturated rings. The summed E-state index contributed by atoms with van der Waals surface area (Å²) in [6.45, 7) is 1.09. The molecular weight excluding hydrogens is 324 g/mol. The second-order valence-corrected chi connectivity index (χ2v) is 6.25. The third-order valence-corrected chi connectivity index (χ3v) is 4.53. The number of para-hydroxylation sites is 2. The van der Waals surface area contributed by atoms with Crippen molar-refractivity contribution < 1.29 is 9.47 Å². The van der Waals surface area contributed by atoms with Gasteiger partial charge in [-0.1, -0.05) is 36.4 Å². The lowest BCUT2D eigenvalue weighted by atomic mass is 10.1. The van der Waals surface area contributed by atoms with Crippen LogP contribution in [0.2, 0.25) is 0 Å². The third kappa shape index (κ3) is 2.65. The van der Waals surface area contributed by atoms with Gasteiger partial charge in [0.2, 0.25) is 11.8 Å². The summed E-state index contributed by atoms with van der Waals surface area (Å²) in [5.41, 5.74) is 6.04. The van der Waals surface area contributed by atoms with Crippen LogP contribution in [0.5, 0.6) is 0 Å². The zero-order valence-corrected chi connectivity index (χ0v) is 14.1. The topological polar surface area (TPSA) is 43.2 Å². The molecule has 0 saturated carbocycles. The van der Waals surface area contributed by atoms with Crippen molar-refractivity contribution in [2.45, 2.75) is 13.2 Å². The van der Waals surface area contributed by atoms with E-state index < -0.39 is 0 Å². The Morgan fingerprint density at radius 3 is 1.42 bits per heavy atom. The highest BCUT2D eigenvalue weighted by atomic mass is 16.5. The van der Waals surface area contributed by atoms with E-state index in [0.29, 0.717) is 25.0 Å². The van der Waals surface area contributed by atoms with E-state index in [-0.39, 0.29) is 0 Å². The molecule has 4 nitrogen and oxygen atoms in total. The van der Waals surface area contributed by atoms with Crippen LogP contribution in [0.15, 0.2) is 82.8 Å². The Labute approximate surface area is 151 Å². The molecule has 3 aromatic carbocycles. The van der Waals surface area contributed by atoms with Gasteiger partial charge in [0.25, 0.3) is 0 Å². The summed E-state index contributed by atoms with van der Waals surface area (Å²) in [4.78, 5) is 9.24. The lowest BCUT2D eigenvalue weighted by Gasteiger charge is -2.18. The maximum absolute atomic E-state index is 5.81. The van der Waals surface area contributed by atoms with Crippen molar-refractivity contribution in [3.8, 4) is 0 Å². The minimum absolute atomic E-state index is 0.545. The van der Waals surface area contributed by atoms with Crippen molar-refractivity contribution >= 4 is 23.2 Å². The number of hydrogen-bond acceptors (Lipinski definition) is 4. The lowest BCUT2D eigenvalue weighted by molar-refractivity contribution is 0.287. The van der Waals surface area contributed by atoms with Crippen LogP contribution in [-0.4, -0.2) is 11.8 Å². The minimum Gasteiger partial charge on any atom is -0.472 e. The van der Waals surface area contributed by atoms with Crippen LogP contribution in [0.4, 0.5) is 11.4 Å². The Balaban J connectivity index is 1.44. The van der Waals surface area contributed by atoms with Crippen LogP contribution in [0.3, 0.4) is 0 Å². The number of fused-ring (bicyclic) bond motifs is 2. The summed E-state index contributed by atoms with van der Waals surface area (Å²) in [6, 6.07) is 24.1. The van der Waals surface area contributed by atoms with Crippen molar-refractivity contribution in [1.82, 2.24) is 0 Å². The number of hydrogen-bond donors (Lipinski definition) is 0. The van der Waals surface area contributed by atoms with Gasteiger partial charge in [-0.15, -0.1) is 0 Å². The molecule has 0 aliphatic carbocycles. The van der Waals surface area contributed by atoms with Gasteiger partial charge in [0.15, 0.2) is 0 Å². The molecule has 126 valence electrons. The SMILES string of the molecule is c1ccc2c(c1)COC(c1ccc(C3=Nc4ccccc4CO3)cc1)=N2. The van der Waals surface area contributed by atoms with Gasteiger partial charge in [-0.3, -0.25) is 0 Å². The summed E-state index contributed by atoms with van der Waals surface area (Å²) in [7, 11) is 0. The summed E-state index contributed by atoms with van der Waals surface area (Å²) >= 11 is 0. The van der Waals surface area contributed by atoms with Gasteiger partial charge >= 0.3 is 0 Å². The second-order valence-electron chi connectivity index (χ2n) is 6.25. The molecule has 0 spiro atoms. The molecule has 4 heteroatoms. The van der Waals surface area contributed by atoms with Gasteiger partial charge in [-0.2, -0.15) is 0 Å². The van der Waals surface area contributed by atoms with E-state index in [0.717, 1.165) is 33.6 Å². The molecule has 0 unspecified atom stereocenters. The van der Waals surface area contributed by atoms with E-state index in [1.54, 1.807) is 0 Å².